The lowest BCUT2D eigenvalue weighted by Gasteiger charge is -2.26. The van der Waals surface area contributed by atoms with Crippen LogP contribution in [0, 0.1) is 0 Å². The zero-order chi connectivity index (χ0) is 23.5. The van der Waals surface area contributed by atoms with E-state index in [9.17, 15) is 4.79 Å². The second kappa shape index (κ2) is 9.91. The van der Waals surface area contributed by atoms with Crippen LogP contribution in [0.5, 0.6) is 5.88 Å². The number of nitrogens with zero attached hydrogens (tertiary/aromatic N) is 4. The molecule has 1 aliphatic rings. The number of carbonyl (C=O) groups excluding carboxylic acids is 1. The van der Waals surface area contributed by atoms with Gasteiger partial charge in [0.2, 0.25) is 5.88 Å². The van der Waals surface area contributed by atoms with E-state index in [0.29, 0.717) is 11.5 Å². The maximum atomic E-state index is 12.4. The highest BCUT2D eigenvalue weighted by atomic mass is 16.5. The number of rotatable bonds is 7. The van der Waals surface area contributed by atoms with E-state index in [1.54, 1.807) is 6.07 Å². The number of pyridine rings is 1. The first-order valence-electron chi connectivity index (χ1n) is 11.9. The van der Waals surface area contributed by atoms with Gasteiger partial charge in [-0.1, -0.05) is 30.7 Å². The molecule has 7 nitrogen and oxygen atoms in total. The van der Waals surface area contributed by atoms with Gasteiger partial charge in [0.05, 0.1) is 18.6 Å². The lowest BCUT2D eigenvalue weighted by Crippen LogP contribution is -2.28. The largest absolute Gasteiger partial charge is 0.473 e. The molecule has 1 aromatic carbocycles. The number of esters is 1. The highest BCUT2D eigenvalue weighted by Crippen LogP contribution is 2.37. The Kier molecular flexibility index (Phi) is 6.98. The van der Waals surface area contributed by atoms with Gasteiger partial charge in [0.25, 0.3) is 0 Å². The van der Waals surface area contributed by atoms with Crippen LogP contribution in [-0.2, 0) is 11.3 Å². The molecule has 0 atom stereocenters. The van der Waals surface area contributed by atoms with E-state index in [1.165, 1.54) is 45.0 Å². The number of hydrogen-bond acceptors (Lipinski definition) is 6. The number of benzene rings is 1. The normalized spacial score (nSPS) is 14.9. The molecule has 1 aliphatic heterocycles. The Morgan fingerprint density at radius 2 is 1.76 bits per heavy atom. The summed E-state index contributed by atoms with van der Waals surface area (Å²) < 4.78 is 12.9. The van der Waals surface area contributed by atoms with Crippen molar-refractivity contribution >= 4 is 17.0 Å². The summed E-state index contributed by atoms with van der Waals surface area (Å²) in [6.07, 6.45) is 3.86. The van der Waals surface area contributed by atoms with Crippen molar-refractivity contribution in [2.24, 2.45) is 0 Å². The molecule has 2 aromatic heterocycles. The van der Waals surface area contributed by atoms with Crippen molar-refractivity contribution < 1.29 is 14.3 Å². The van der Waals surface area contributed by atoms with Crippen LogP contribution in [0.4, 0.5) is 0 Å². The van der Waals surface area contributed by atoms with Gasteiger partial charge >= 0.3 is 5.97 Å². The summed E-state index contributed by atoms with van der Waals surface area (Å²) in [5.41, 5.74) is 4.03. The first-order chi connectivity index (χ1) is 15.9. The summed E-state index contributed by atoms with van der Waals surface area (Å²) in [6.45, 7) is 11.3. The standard InChI is InChI=1S/C26H34N4O3/c1-17(2)30-24-23(25(28-30)33-18(3)4)21(15-22(27-24)26(31)32-5)20-11-9-19(10-12-20)16-29-13-7-6-8-14-29/h9-12,15,17-18H,6-8,13-14,16H2,1-5H3. The molecule has 0 saturated carbocycles. The Balaban J connectivity index is 1.81. The van der Waals surface area contributed by atoms with Gasteiger partial charge in [0.1, 0.15) is 0 Å². The number of piperidine rings is 1. The Morgan fingerprint density at radius 3 is 2.36 bits per heavy atom. The Labute approximate surface area is 195 Å². The van der Waals surface area contributed by atoms with Gasteiger partial charge in [-0.15, -0.1) is 5.10 Å². The van der Waals surface area contributed by atoms with Crippen molar-refractivity contribution in [3.63, 3.8) is 0 Å². The minimum atomic E-state index is -0.470. The third kappa shape index (κ3) is 5.03. The van der Waals surface area contributed by atoms with Crippen LogP contribution in [0.1, 0.15) is 69.1 Å². The SMILES string of the molecule is COC(=O)c1cc(-c2ccc(CN3CCCCC3)cc2)c2c(OC(C)C)nn(C(C)C)c2n1. The van der Waals surface area contributed by atoms with Crippen molar-refractivity contribution in [1.29, 1.82) is 0 Å². The molecule has 176 valence electrons. The topological polar surface area (TPSA) is 69.5 Å². The van der Waals surface area contributed by atoms with E-state index in [-0.39, 0.29) is 17.8 Å². The number of ether oxygens (including phenoxy) is 2. The van der Waals surface area contributed by atoms with Crippen molar-refractivity contribution in [3.8, 4) is 17.0 Å². The summed E-state index contributed by atoms with van der Waals surface area (Å²) >= 11 is 0. The highest BCUT2D eigenvalue weighted by molar-refractivity contribution is 6.01. The van der Waals surface area contributed by atoms with E-state index in [0.717, 1.165) is 23.1 Å². The number of aromatic nitrogens is 3. The molecular formula is C26H34N4O3. The molecule has 33 heavy (non-hydrogen) atoms. The van der Waals surface area contributed by atoms with Crippen LogP contribution >= 0.6 is 0 Å². The van der Waals surface area contributed by atoms with Crippen LogP contribution in [0.25, 0.3) is 22.2 Å². The van der Waals surface area contributed by atoms with Gasteiger partial charge in [-0.3, -0.25) is 4.90 Å². The molecule has 1 fully saturated rings. The predicted octanol–water partition coefficient (Wildman–Crippen LogP) is 5.24. The molecule has 7 heteroatoms. The average molecular weight is 451 g/mol. The summed E-state index contributed by atoms with van der Waals surface area (Å²) in [6, 6.07) is 10.4. The summed E-state index contributed by atoms with van der Waals surface area (Å²) in [7, 11) is 1.37. The monoisotopic (exact) mass is 450 g/mol. The Bertz CT molecular complexity index is 1110. The number of hydrogen-bond donors (Lipinski definition) is 0. The van der Waals surface area contributed by atoms with Crippen molar-refractivity contribution in [1.82, 2.24) is 19.7 Å². The molecule has 0 bridgehead atoms. The van der Waals surface area contributed by atoms with Crippen molar-refractivity contribution in [3.05, 3.63) is 41.6 Å². The second-order valence-corrected chi connectivity index (χ2v) is 9.29. The Morgan fingerprint density at radius 1 is 1.06 bits per heavy atom. The zero-order valence-electron chi connectivity index (χ0n) is 20.3. The van der Waals surface area contributed by atoms with Crippen molar-refractivity contribution in [2.45, 2.75) is 65.6 Å². The number of fused-ring (bicyclic) bond motifs is 1. The van der Waals surface area contributed by atoms with Crippen LogP contribution in [0.15, 0.2) is 30.3 Å². The summed E-state index contributed by atoms with van der Waals surface area (Å²) in [4.78, 5) is 19.6. The smallest absolute Gasteiger partial charge is 0.356 e. The lowest BCUT2D eigenvalue weighted by atomic mass is 10.0. The molecule has 0 spiro atoms. The molecular weight excluding hydrogens is 416 g/mol. The average Bonchev–Trinajstić information content (AvgIpc) is 3.17. The first kappa shape index (κ1) is 23.2. The third-order valence-electron chi connectivity index (χ3n) is 5.98. The molecule has 0 amide bonds. The Hall–Kier alpha value is -2.93. The lowest BCUT2D eigenvalue weighted by molar-refractivity contribution is 0.0594. The number of likely N-dealkylation sites (tertiary alicyclic amines) is 1. The van der Waals surface area contributed by atoms with E-state index in [4.69, 9.17) is 14.6 Å². The van der Waals surface area contributed by atoms with E-state index in [2.05, 4.69) is 34.1 Å². The predicted molar refractivity (Wildman–Crippen MR) is 130 cm³/mol. The van der Waals surface area contributed by atoms with Gasteiger partial charge in [-0.25, -0.2) is 14.5 Å². The van der Waals surface area contributed by atoms with Gasteiger partial charge in [0.15, 0.2) is 11.3 Å². The van der Waals surface area contributed by atoms with E-state index < -0.39 is 5.97 Å². The van der Waals surface area contributed by atoms with Gasteiger partial charge < -0.3 is 9.47 Å². The minimum absolute atomic E-state index is 0.0382. The zero-order valence-corrected chi connectivity index (χ0v) is 20.3. The molecule has 3 heterocycles. The van der Waals surface area contributed by atoms with Crippen LogP contribution in [-0.4, -0.2) is 51.9 Å². The molecule has 4 rings (SSSR count). The van der Waals surface area contributed by atoms with Crippen LogP contribution < -0.4 is 4.74 Å². The quantitative estimate of drug-likeness (QED) is 0.459. The van der Waals surface area contributed by atoms with E-state index in [1.807, 2.05) is 32.4 Å². The fraction of sp³-hybridized carbons (Fsp3) is 0.500. The maximum Gasteiger partial charge on any atom is 0.356 e. The second-order valence-electron chi connectivity index (χ2n) is 9.29. The molecule has 1 saturated heterocycles. The highest BCUT2D eigenvalue weighted by Gasteiger charge is 2.24. The van der Waals surface area contributed by atoms with Gasteiger partial charge in [0, 0.05) is 18.2 Å². The van der Waals surface area contributed by atoms with E-state index >= 15 is 0 Å². The van der Waals surface area contributed by atoms with Crippen LogP contribution in [0.3, 0.4) is 0 Å². The summed E-state index contributed by atoms with van der Waals surface area (Å²) in [5, 5.41) is 5.52. The van der Waals surface area contributed by atoms with Gasteiger partial charge in [-0.05, 0) is 70.8 Å². The summed E-state index contributed by atoms with van der Waals surface area (Å²) in [5.74, 6) is 0.0627. The van der Waals surface area contributed by atoms with Crippen molar-refractivity contribution in [2.75, 3.05) is 20.2 Å². The molecule has 3 aromatic rings. The van der Waals surface area contributed by atoms with Gasteiger partial charge in [-0.2, -0.15) is 0 Å². The first-order valence-corrected chi connectivity index (χ1v) is 11.9. The minimum Gasteiger partial charge on any atom is -0.473 e. The van der Waals surface area contributed by atoms with Crippen LogP contribution in [0.2, 0.25) is 0 Å². The molecule has 0 unspecified atom stereocenters. The fourth-order valence-electron chi connectivity index (χ4n) is 4.37. The molecule has 0 radical (unpaired) electrons. The molecule has 0 N–H and O–H groups in total. The molecule has 0 aliphatic carbocycles. The third-order valence-corrected chi connectivity index (χ3v) is 5.98. The maximum absolute atomic E-state index is 12.4. The number of carbonyl (C=O) groups is 1. The number of methoxy groups -OCH3 is 1. The fourth-order valence-corrected chi connectivity index (χ4v) is 4.37.